The zero-order chi connectivity index (χ0) is 9.42. The van der Waals surface area contributed by atoms with Crippen LogP contribution in [-0.2, 0) is 0 Å². The quantitative estimate of drug-likeness (QED) is 0.562. The van der Waals surface area contributed by atoms with Crippen LogP contribution in [0.5, 0.6) is 0 Å². The molecule has 0 N–H and O–H groups in total. The van der Waals surface area contributed by atoms with Crippen LogP contribution >= 0.6 is 24.0 Å². The molecule has 0 saturated heterocycles. The van der Waals surface area contributed by atoms with Crippen molar-refractivity contribution in [3.63, 3.8) is 0 Å². The Bertz CT molecular complexity index is 471. The predicted octanol–water partition coefficient (Wildman–Crippen LogP) is 3.31. The topological polar surface area (TPSA) is 17.1 Å². The van der Waals surface area contributed by atoms with Crippen LogP contribution in [0.15, 0.2) is 23.1 Å². The molecule has 0 bridgehead atoms. The molecule has 3 heteroatoms. The van der Waals surface area contributed by atoms with E-state index in [0.29, 0.717) is 0 Å². The van der Waals surface area contributed by atoms with E-state index in [4.69, 9.17) is 0 Å². The van der Waals surface area contributed by atoms with Crippen molar-refractivity contribution in [1.82, 2.24) is 0 Å². The van der Waals surface area contributed by atoms with Crippen LogP contribution in [0.2, 0.25) is 0 Å². The molecule has 0 fully saturated rings. The van der Waals surface area contributed by atoms with Gasteiger partial charge in [-0.15, -0.1) is 24.0 Å². The molecule has 1 aromatic carbocycles. The fourth-order valence-corrected chi connectivity index (χ4v) is 2.64. The molecule has 0 aliphatic heterocycles. The van der Waals surface area contributed by atoms with E-state index in [0.717, 1.165) is 21.4 Å². The number of hydrogen-bond acceptors (Lipinski definition) is 3. The maximum Gasteiger partial charge on any atom is 0.160 e. The van der Waals surface area contributed by atoms with Crippen LogP contribution in [0.4, 0.5) is 0 Å². The Labute approximate surface area is 85.8 Å². The average Bonchev–Trinajstić information content (AvgIpc) is 2.47. The molecular weight excluding hydrogens is 200 g/mol. The summed E-state index contributed by atoms with van der Waals surface area (Å²) in [6, 6.07) is 5.89. The Hall–Kier alpha value is -0.800. The zero-order valence-corrected chi connectivity index (χ0v) is 8.78. The summed E-state index contributed by atoms with van der Waals surface area (Å²) in [6.45, 7) is 2.03. The van der Waals surface area contributed by atoms with Crippen molar-refractivity contribution in [2.45, 2.75) is 11.8 Å². The van der Waals surface area contributed by atoms with E-state index in [1.807, 2.05) is 25.1 Å². The second kappa shape index (κ2) is 3.16. The molecule has 2 rings (SSSR count). The smallest absolute Gasteiger partial charge is 0.160 e. The Kier molecular flexibility index (Phi) is 2.14. The molecule has 1 aromatic heterocycles. The lowest BCUT2D eigenvalue weighted by Crippen LogP contribution is -1.72. The average molecular weight is 208 g/mol. The maximum absolute atomic E-state index is 10.6. The lowest BCUT2D eigenvalue weighted by Gasteiger charge is -1.96. The van der Waals surface area contributed by atoms with Gasteiger partial charge in [-0.3, -0.25) is 4.79 Å². The molecule has 0 aliphatic rings. The number of hydrogen-bond donors (Lipinski definition) is 1. The second-order valence-corrected chi connectivity index (χ2v) is 4.55. The first-order valence-corrected chi connectivity index (χ1v) is 5.15. The third-order valence-corrected chi connectivity index (χ3v) is 3.39. The number of benzene rings is 1. The number of thiophene rings is 1. The predicted molar refractivity (Wildman–Crippen MR) is 59.2 cm³/mol. The molecule has 0 saturated carbocycles. The highest BCUT2D eigenvalue weighted by Gasteiger charge is 2.03. The maximum atomic E-state index is 10.6. The highest BCUT2D eigenvalue weighted by Crippen LogP contribution is 2.29. The van der Waals surface area contributed by atoms with Crippen molar-refractivity contribution in [2.75, 3.05) is 0 Å². The van der Waals surface area contributed by atoms with Crippen LogP contribution in [0.25, 0.3) is 10.1 Å². The molecule has 0 atom stereocenters. The van der Waals surface area contributed by atoms with E-state index < -0.39 is 0 Å². The molecule has 1 nitrogen and oxygen atoms in total. The third kappa shape index (κ3) is 1.49. The number of carbonyl (C=O) groups is 1. The summed E-state index contributed by atoms with van der Waals surface area (Å²) in [5.74, 6) is 0. The lowest BCUT2D eigenvalue weighted by molar-refractivity contribution is 0.112. The first-order chi connectivity index (χ1) is 6.20. The highest BCUT2D eigenvalue weighted by molar-refractivity contribution is 7.80. The van der Waals surface area contributed by atoms with E-state index in [1.165, 1.54) is 21.6 Å². The van der Waals surface area contributed by atoms with E-state index in [9.17, 15) is 4.79 Å². The minimum atomic E-state index is 0.775. The largest absolute Gasteiger partial charge is 0.297 e. The summed E-state index contributed by atoms with van der Waals surface area (Å²) in [6.07, 6.45) is 0.891. The van der Waals surface area contributed by atoms with Crippen molar-refractivity contribution in [1.29, 1.82) is 0 Å². The van der Waals surface area contributed by atoms with Gasteiger partial charge < -0.3 is 0 Å². The summed E-state index contributed by atoms with van der Waals surface area (Å²) in [5, 5.41) is 1.11. The molecule has 2 aromatic rings. The fraction of sp³-hybridized carbons (Fsp3) is 0.100. The van der Waals surface area contributed by atoms with Gasteiger partial charge in [0.05, 0.1) is 4.88 Å². The first-order valence-electron chi connectivity index (χ1n) is 3.89. The standard InChI is InChI=1S/C10H8OS2/c1-6-2-8(12)3-7-4-9(5-11)13-10(6)7/h2-5,12H,1H3. The summed E-state index contributed by atoms with van der Waals surface area (Å²) in [7, 11) is 0. The number of thiol groups is 1. The van der Waals surface area contributed by atoms with Gasteiger partial charge in [0.1, 0.15) is 0 Å². The lowest BCUT2D eigenvalue weighted by atomic mass is 10.2. The molecule has 0 radical (unpaired) electrons. The summed E-state index contributed by atoms with van der Waals surface area (Å²) in [4.78, 5) is 12.3. The molecular formula is C10H8OS2. The zero-order valence-electron chi connectivity index (χ0n) is 7.07. The minimum Gasteiger partial charge on any atom is -0.297 e. The van der Waals surface area contributed by atoms with Gasteiger partial charge in [0, 0.05) is 9.60 Å². The van der Waals surface area contributed by atoms with E-state index in [1.54, 1.807) is 0 Å². The van der Waals surface area contributed by atoms with E-state index >= 15 is 0 Å². The monoisotopic (exact) mass is 208 g/mol. The van der Waals surface area contributed by atoms with Gasteiger partial charge in [0.25, 0.3) is 0 Å². The van der Waals surface area contributed by atoms with Crippen molar-refractivity contribution in [3.8, 4) is 0 Å². The van der Waals surface area contributed by atoms with Crippen LogP contribution in [0, 0.1) is 6.92 Å². The first kappa shape index (κ1) is 8.78. The molecule has 13 heavy (non-hydrogen) atoms. The van der Waals surface area contributed by atoms with Gasteiger partial charge in [-0.1, -0.05) is 0 Å². The molecule has 0 spiro atoms. The third-order valence-electron chi connectivity index (χ3n) is 1.92. The van der Waals surface area contributed by atoms with Crippen LogP contribution in [0.1, 0.15) is 15.2 Å². The van der Waals surface area contributed by atoms with Crippen LogP contribution in [0.3, 0.4) is 0 Å². The second-order valence-electron chi connectivity index (χ2n) is 2.95. The number of carbonyl (C=O) groups excluding carboxylic acids is 1. The van der Waals surface area contributed by atoms with E-state index in [2.05, 4.69) is 12.6 Å². The van der Waals surface area contributed by atoms with Gasteiger partial charge in [-0.2, -0.15) is 0 Å². The number of aryl methyl sites for hydroxylation is 1. The van der Waals surface area contributed by atoms with Gasteiger partial charge in [-0.25, -0.2) is 0 Å². The Morgan fingerprint density at radius 2 is 2.15 bits per heavy atom. The molecule has 0 unspecified atom stereocenters. The van der Waals surface area contributed by atoms with Crippen molar-refractivity contribution < 1.29 is 4.79 Å². The normalized spacial score (nSPS) is 10.6. The molecule has 1 heterocycles. The molecule has 0 amide bonds. The number of rotatable bonds is 1. The number of aldehydes is 1. The Balaban J connectivity index is 2.82. The Morgan fingerprint density at radius 1 is 1.38 bits per heavy atom. The van der Waals surface area contributed by atoms with Gasteiger partial charge in [0.15, 0.2) is 6.29 Å². The summed E-state index contributed by atoms with van der Waals surface area (Å²) < 4.78 is 1.18. The van der Waals surface area contributed by atoms with Crippen LogP contribution < -0.4 is 0 Å². The van der Waals surface area contributed by atoms with Crippen LogP contribution in [-0.4, -0.2) is 6.29 Å². The number of fused-ring (bicyclic) bond motifs is 1. The van der Waals surface area contributed by atoms with Gasteiger partial charge in [-0.05, 0) is 36.1 Å². The van der Waals surface area contributed by atoms with E-state index in [-0.39, 0.29) is 0 Å². The fourth-order valence-electron chi connectivity index (χ4n) is 1.39. The minimum absolute atomic E-state index is 0.775. The van der Waals surface area contributed by atoms with Gasteiger partial charge >= 0.3 is 0 Å². The highest BCUT2D eigenvalue weighted by atomic mass is 32.1. The molecule has 0 aliphatic carbocycles. The molecule has 66 valence electrons. The SMILES string of the molecule is Cc1cc(S)cc2cc(C=O)sc12. The van der Waals surface area contributed by atoms with Crippen molar-refractivity contribution in [3.05, 3.63) is 28.6 Å². The Morgan fingerprint density at radius 3 is 2.85 bits per heavy atom. The summed E-state index contributed by atoms with van der Waals surface area (Å²) in [5.41, 5.74) is 1.18. The van der Waals surface area contributed by atoms with Crippen molar-refractivity contribution in [2.24, 2.45) is 0 Å². The summed E-state index contributed by atoms with van der Waals surface area (Å²) >= 11 is 5.82. The van der Waals surface area contributed by atoms with Gasteiger partial charge in [0.2, 0.25) is 0 Å². The van der Waals surface area contributed by atoms with Crippen molar-refractivity contribution >= 4 is 40.3 Å².